The van der Waals surface area contributed by atoms with Gasteiger partial charge in [-0.25, -0.2) is 8.78 Å². The molecule has 0 atom stereocenters. The Hall–Kier alpha value is -2.04. The fourth-order valence-electron chi connectivity index (χ4n) is 1.74. The highest BCUT2D eigenvalue weighted by Gasteiger charge is 2.36. The van der Waals surface area contributed by atoms with Crippen molar-refractivity contribution in [1.29, 1.82) is 0 Å². The van der Waals surface area contributed by atoms with Crippen LogP contribution in [-0.2, 0) is 4.79 Å². The number of nitrogens with zero attached hydrogens (tertiary/aromatic N) is 1. The lowest BCUT2D eigenvalue weighted by atomic mass is 10.1. The van der Waals surface area contributed by atoms with Crippen LogP contribution in [0.5, 0.6) is 0 Å². The van der Waals surface area contributed by atoms with Gasteiger partial charge in [0.05, 0.1) is 11.3 Å². The number of Topliss-reactive ketones (excluding diaryl/α,β-unsaturated/α-hetero) is 1. The number of halogens is 2. The number of ketones is 1. The van der Waals surface area contributed by atoms with Crippen molar-refractivity contribution in [3.05, 3.63) is 41.0 Å². The average molecular weight is 251 g/mol. The molecule has 0 fully saturated rings. The van der Waals surface area contributed by atoms with Crippen molar-refractivity contribution in [2.45, 2.75) is 13.8 Å². The quantitative estimate of drug-likeness (QED) is 0.598. The Bertz CT molecular complexity index is 575. The van der Waals surface area contributed by atoms with Gasteiger partial charge in [-0.05, 0) is 19.9 Å². The lowest BCUT2D eigenvalue weighted by Gasteiger charge is -2.14. The minimum absolute atomic E-state index is 0.0824. The Kier molecular flexibility index (Phi) is 2.98. The molecule has 3 nitrogen and oxygen atoms in total. The van der Waals surface area contributed by atoms with Gasteiger partial charge in [-0.15, -0.1) is 0 Å². The van der Waals surface area contributed by atoms with Gasteiger partial charge in [0, 0.05) is 12.6 Å². The average Bonchev–Trinajstić information content (AvgIpc) is 2.51. The number of benzene rings is 1. The van der Waals surface area contributed by atoms with E-state index in [9.17, 15) is 18.4 Å². The number of hydrogen-bond donors (Lipinski definition) is 0. The van der Waals surface area contributed by atoms with E-state index in [1.54, 1.807) is 6.08 Å². The van der Waals surface area contributed by atoms with E-state index in [4.69, 9.17) is 0 Å². The number of hydrogen-bond acceptors (Lipinski definition) is 2. The SMILES string of the molecule is CC(C)=CCN1C(=O)C(=O)c2cc(F)c(F)cc21. The summed E-state index contributed by atoms with van der Waals surface area (Å²) in [6.07, 6.45) is 1.74. The summed E-state index contributed by atoms with van der Waals surface area (Å²) in [7, 11) is 0. The summed E-state index contributed by atoms with van der Waals surface area (Å²) in [5, 5.41) is 0. The van der Waals surface area contributed by atoms with Crippen molar-refractivity contribution < 1.29 is 18.4 Å². The largest absolute Gasteiger partial charge is 0.301 e. The fraction of sp³-hybridized carbons (Fsp3) is 0.231. The van der Waals surface area contributed by atoms with Crippen LogP contribution in [0.15, 0.2) is 23.8 Å². The summed E-state index contributed by atoms with van der Waals surface area (Å²) in [6.45, 7) is 3.86. The highest BCUT2D eigenvalue weighted by atomic mass is 19.2. The van der Waals surface area contributed by atoms with Crippen molar-refractivity contribution in [3.63, 3.8) is 0 Å². The fourth-order valence-corrected chi connectivity index (χ4v) is 1.74. The van der Waals surface area contributed by atoms with Gasteiger partial charge in [-0.2, -0.15) is 0 Å². The molecule has 1 aromatic carbocycles. The predicted molar refractivity (Wildman–Crippen MR) is 62.5 cm³/mol. The highest BCUT2D eigenvalue weighted by Crippen LogP contribution is 2.30. The molecular formula is C13H11F2NO2. The molecule has 0 spiro atoms. The van der Waals surface area contributed by atoms with Crippen LogP contribution in [0.3, 0.4) is 0 Å². The second-order valence-electron chi connectivity index (χ2n) is 4.31. The van der Waals surface area contributed by atoms with Gasteiger partial charge in [-0.3, -0.25) is 9.59 Å². The predicted octanol–water partition coefficient (Wildman–Crippen LogP) is 2.46. The Morgan fingerprint density at radius 1 is 1.22 bits per heavy atom. The molecule has 1 aliphatic heterocycles. The van der Waals surface area contributed by atoms with E-state index in [2.05, 4.69) is 0 Å². The Morgan fingerprint density at radius 2 is 1.83 bits per heavy atom. The van der Waals surface area contributed by atoms with Gasteiger partial charge in [0.15, 0.2) is 11.6 Å². The monoisotopic (exact) mass is 251 g/mol. The first-order valence-corrected chi connectivity index (χ1v) is 5.40. The topological polar surface area (TPSA) is 37.4 Å². The lowest BCUT2D eigenvalue weighted by Crippen LogP contribution is -2.29. The second kappa shape index (κ2) is 4.33. The van der Waals surface area contributed by atoms with E-state index >= 15 is 0 Å². The van der Waals surface area contributed by atoms with E-state index in [0.717, 1.165) is 22.6 Å². The van der Waals surface area contributed by atoms with E-state index in [0.29, 0.717) is 0 Å². The summed E-state index contributed by atoms with van der Waals surface area (Å²) in [5.41, 5.74) is 1.01. The standard InChI is InChI=1S/C13H11F2NO2/c1-7(2)3-4-16-11-6-10(15)9(14)5-8(11)12(17)13(16)18/h3,5-6H,4H2,1-2H3. The Morgan fingerprint density at radius 3 is 2.44 bits per heavy atom. The van der Waals surface area contributed by atoms with Gasteiger partial charge in [0.2, 0.25) is 0 Å². The van der Waals surface area contributed by atoms with Crippen molar-refractivity contribution in [3.8, 4) is 0 Å². The third-order valence-electron chi connectivity index (χ3n) is 2.70. The molecule has 1 amide bonds. The van der Waals surface area contributed by atoms with E-state index in [1.165, 1.54) is 0 Å². The molecule has 2 rings (SSSR count). The molecular weight excluding hydrogens is 240 g/mol. The van der Waals surface area contributed by atoms with Gasteiger partial charge in [-0.1, -0.05) is 11.6 Å². The van der Waals surface area contributed by atoms with Gasteiger partial charge >= 0.3 is 0 Å². The third-order valence-corrected chi connectivity index (χ3v) is 2.70. The first-order valence-electron chi connectivity index (χ1n) is 5.40. The Balaban J connectivity index is 2.48. The lowest BCUT2D eigenvalue weighted by molar-refractivity contribution is -0.114. The van der Waals surface area contributed by atoms with Gasteiger partial charge < -0.3 is 4.90 Å². The number of allylic oxidation sites excluding steroid dienone is 1. The molecule has 5 heteroatoms. The number of anilines is 1. The first-order chi connectivity index (χ1) is 8.41. The van der Waals surface area contributed by atoms with Crippen LogP contribution >= 0.6 is 0 Å². The van der Waals surface area contributed by atoms with E-state index < -0.39 is 23.3 Å². The summed E-state index contributed by atoms with van der Waals surface area (Å²) in [4.78, 5) is 24.5. The number of fused-ring (bicyclic) bond motifs is 1. The van der Waals surface area contributed by atoms with E-state index in [-0.39, 0.29) is 17.8 Å². The summed E-state index contributed by atoms with van der Waals surface area (Å²) in [5.74, 6) is -3.75. The zero-order valence-corrected chi connectivity index (χ0v) is 9.96. The number of amides is 1. The molecule has 0 unspecified atom stereocenters. The highest BCUT2D eigenvalue weighted by molar-refractivity contribution is 6.52. The third kappa shape index (κ3) is 1.92. The summed E-state index contributed by atoms with van der Waals surface area (Å²) >= 11 is 0. The van der Waals surface area contributed by atoms with Crippen LogP contribution in [0.1, 0.15) is 24.2 Å². The molecule has 0 aromatic heterocycles. The minimum Gasteiger partial charge on any atom is -0.301 e. The molecule has 94 valence electrons. The molecule has 0 N–H and O–H groups in total. The van der Waals surface area contributed by atoms with Gasteiger partial charge in [0.1, 0.15) is 0 Å². The molecule has 1 aromatic rings. The van der Waals surface area contributed by atoms with Crippen molar-refractivity contribution >= 4 is 17.4 Å². The zero-order chi connectivity index (χ0) is 13.4. The van der Waals surface area contributed by atoms with Crippen molar-refractivity contribution in [2.24, 2.45) is 0 Å². The molecule has 0 aliphatic carbocycles. The molecule has 1 heterocycles. The van der Waals surface area contributed by atoms with Gasteiger partial charge in [0.25, 0.3) is 11.7 Å². The number of carbonyl (C=O) groups excluding carboxylic acids is 2. The molecule has 18 heavy (non-hydrogen) atoms. The maximum atomic E-state index is 13.2. The number of carbonyl (C=O) groups is 2. The van der Waals surface area contributed by atoms with Crippen molar-refractivity contribution in [1.82, 2.24) is 0 Å². The molecule has 1 aliphatic rings. The Labute approximate surface area is 103 Å². The minimum atomic E-state index is -1.13. The van der Waals surface area contributed by atoms with Crippen LogP contribution in [-0.4, -0.2) is 18.2 Å². The number of rotatable bonds is 2. The molecule has 0 radical (unpaired) electrons. The van der Waals surface area contributed by atoms with Crippen LogP contribution in [0, 0.1) is 11.6 Å². The van der Waals surface area contributed by atoms with Crippen LogP contribution < -0.4 is 4.90 Å². The van der Waals surface area contributed by atoms with Crippen LogP contribution in [0.4, 0.5) is 14.5 Å². The molecule has 0 saturated carbocycles. The molecule has 0 bridgehead atoms. The van der Waals surface area contributed by atoms with E-state index in [1.807, 2.05) is 13.8 Å². The summed E-state index contributed by atoms with van der Waals surface area (Å²) in [6, 6.07) is 1.65. The molecule has 0 saturated heterocycles. The smallest absolute Gasteiger partial charge is 0.299 e. The van der Waals surface area contributed by atoms with Crippen LogP contribution in [0.2, 0.25) is 0 Å². The maximum absolute atomic E-state index is 13.2. The zero-order valence-electron chi connectivity index (χ0n) is 9.96. The second-order valence-corrected chi connectivity index (χ2v) is 4.31. The summed E-state index contributed by atoms with van der Waals surface area (Å²) < 4.78 is 26.2. The maximum Gasteiger partial charge on any atom is 0.299 e. The van der Waals surface area contributed by atoms with Crippen molar-refractivity contribution in [2.75, 3.05) is 11.4 Å². The normalized spacial score (nSPS) is 13.9. The first kappa shape index (κ1) is 12.4. The van der Waals surface area contributed by atoms with Crippen LogP contribution in [0.25, 0.3) is 0 Å².